The average Bonchev–Trinajstić information content (AvgIpc) is 2.60. The zero-order chi connectivity index (χ0) is 18.0. The zero-order valence-electron chi connectivity index (χ0n) is 13.6. The van der Waals surface area contributed by atoms with E-state index in [0.717, 1.165) is 16.9 Å². The van der Waals surface area contributed by atoms with Gasteiger partial charge < -0.3 is 10.1 Å². The van der Waals surface area contributed by atoms with Crippen molar-refractivity contribution in [2.45, 2.75) is 17.9 Å². The van der Waals surface area contributed by atoms with E-state index in [4.69, 9.17) is 9.88 Å². The van der Waals surface area contributed by atoms with E-state index in [1.165, 1.54) is 12.1 Å². The smallest absolute Gasteiger partial charge is 0.251 e. The highest BCUT2D eigenvalue weighted by molar-refractivity contribution is 7.89. The molecule has 2 aromatic carbocycles. The van der Waals surface area contributed by atoms with Gasteiger partial charge in [0.1, 0.15) is 12.4 Å². The topological polar surface area (TPSA) is 98.5 Å². The number of fused-ring (bicyclic) bond motifs is 1. The van der Waals surface area contributed by atoms with Crippen LogP contribution in [-0.4, -0.2) is 20.9 Å². The van der Waals surface area contributed by atoms with E-state index in [9.17, 15) is 13.2 Å². The number of sulfonamides is 1. The van der Waals surface area contributed by atoms with Crippen molar-refractivity contribution in [2.75, 3.05) is 6.61 Å². The van der Waals surface area contributed by atoms with Crippen LogP contribution in [0, 0.1) is 0 Å². The van der Waals surface area contributed by atoms with Gasteiger partial charge >= 0.3 is 0 Å². The van der Waals surface area contributed by atoms with Crippen LogP contribution in [0.3, 0.4) is 0 Å². The lowest BCUT2D eigenvalue weighted by atomic mass is 10.1. The summed E-state index contributed by atoms with van der Waals surface area (Å²) in [6.45, 7) is 2.03. The van der Waals surface area contributed by atoms with Gasteiger partial charge in [-0.1, -0.05) is 30.3 Å². The first kappa shape index (κ1) is 17.2. The Kier molecular flexibility index (Phi) is 4.61. The van der Waals surface area contributed by atoms with E-state index in [2.05, 4.69) is 5.32 Å². The summed E-state index contributed by atoms with van der Waals surface area (Å²) in [6.07, 6.45) is 1.81. The minimum absolute atomic E-state index is 0.0368. The molecule has 0 aliphatic carbocycles. The molecule has 0 saturated carbocycles. The molecule has 1 aliphatic heterocycles. The quantitative estimate of drug-likeness (QED) is 0.873. The number of hydrogen-bond donors (Lipinski definition) is 2. The molecule has 1 amide bonds. The Balaban J connectivity index is 1.72. The van der Waals surface area contributed by atoms with Gasteiger partial charge in [-0.15, -0.1) is 0 Å². The molecule has 3 N–H and O–H groups in total. The summed E-state index contributed by atoms with van der Waals surface area (Å²) in [4.78, 5) is 12.5. The fraction of sp³-hybridized carbons (Fsp3) is 0.167. The van der Waals surface area contributed by atoms with E-state index in [1.807, 2.05) is 37.3 Å². The Hall–Kier alpha value is -2.64. The van der Waals surface area contributed by atoms with Gasteiger partial charge in [-0.25, -0.2) is 13.6 Å². The van der Waals surface area contributed by atoms with Crippen molar-refractivity contribution in [1.82, 2.24) is 5.32 Å². The van der Waals surface area contributed by atoms with Gasteiger partial charge in [-0.2, -0.15) is 0 Å². The van der Waals surface area contributed by atoms with E-state index in [1.54, 1.807) is 12.1 Å². The predicted molar refractivity (Wildman–Crippen MR) is 94.3 cm³/mol. The molecule has 7 heteroatoms. The number of amides is 1. The van der Waals surface area contributed by atoms with Gasteiger partial charge in [0.15, 0.2) is 0 Å². The Morgan fingerprint density at radius 2 is 1.84 bits per heavy atom. The molecular formula is C18H18N2O4S. The van der Waals surface area contributed by atoms with E-state index >= 15 is 0 Å². The molecule has 130 valence electrons. The first-order valence-electron chi connectivity index (χ1n) is 7.70. The molecular weight excluding hydrogens is 340 g/mol. The van der Waals surface area contributed by atoms with Crippen molar-refractivity contribution in [2.24, 2.45) is 5.14 Å². The second-order valence-electron chi connectivity index (χ2n) is 5.81. The van der Waals surface area contributed by atoms with E-state index < -0.39 is 10.0 Å². The van der Waals surface area contributed by atoms with Gasteiger partial charge in [-0.05, 0) is 36.8 Å². The number of nitrogens with one attached hydrogen (secondary N) is 1. The molecule has 1 heterocycles. The fourth-order valence-electron chi connectivity index (χ4n) is 2.57. The molecule has 1 aliphatic rings. The lowest BCUT2D eigenvalue weighted by molar-refractivity contribution is -0.118. The molecule has 0 bridgehead atoms. The molecule has 3 rings (SSSR count). The highest BCUT2D eigenvalue weighted by Gasteiger charge is 2.19. The molecule has 0 spiro atoms. The maximum Gasteiger partial charge on any atom is 0.251 e. The average molecular weight is 358 g/mol. The van der Waals surface area contributed by atoms with Crippen molar-refractivity contribution in [3.05, 3.63) is 65.2 Å². The number of primary sulfonamides is 1. The van der Waals surface area contributed by atoms with Crippen LogP contribution < -0.4 is 15.2 Å². The van der Waals surface area contributed by atoms with Crippen LogP contribution in [0.15, 0.2) is 59.0 Å². The van der Waals surface area contributed by atoms with Gasteiger partial charge in [0, 0.05) is 5.56 Å². The summed E-state index contributed by atoms with van der Waals surface area (Å²) < 4.78 is 28.2. The normalized spacial score (nSPS) is 14.7. The minimum Gasteiger partial charge on any atom is -0.488 e. The Morgan fingerprint density at radius 1 is 1.16 bits per heavy atom. The third kappa shape index (κ3) is 3.89. The second-order valence-corrected chi connectivity index (χ2v) is 7.37. The molecule has 0 saturated heterocycles. The monoisotopic (exact) mass is 358 g/mol. The predicted octanol–water partition coefficient (Wildman–Crippen LogP) is 1.99. The Bertz CT molecular complexity index is 934. The van der Waals surface area contributed by atoms with Crippen LogP contribution in [-0.2, 0) is 14.8 Å². The van der Waals surface area contributed by atoms with Gasteiger partial charge in [0.25, 0.3) is 5.91 Å². The van der Waals surface area contributed by atoms with Crippen molar-refractivity contribution < 1.29 is 17.9 Å². The maximum absolute atomic E-state index is 12.4. The number of ether oxygens (including phenoxy) is 1. The molecule has 0 fully saturated rings. The minimum atomic E-state index is -3.73. The number of nitrogens with two attached hydrogens (primary N) is 1. The van der Waals surface area contributed by atoms with Crippen molar-refractivity contribution in [3.63, 3.8) is 0 Å². The van der Waals surface area contributed by atoms with Crippen LogP contribution >= 0.6 is 0 Å². The fourth-order valence-corrected chi connectivity index (χ4v) is 3.08. The zero-order valence-corrected chi connectivity index (χ0v) is 14.4. The summed E-state index contributed by atoms with van der Waals surface area (Å²) >= 11 is 0. The lowest BCUT2D eigenvalue weighted by Crippen LogP contribution is -2.30. The van der Waals surface area contributed by atoms with Gasteiger partial charge in [0.05, 0.1) is 16.5 Å². The standard InChI is InChI=1S/C18H18N2O4S/c1-12(13-6-8-16(9-7-13)25(19,22)23)20-18(21)15-10-14-4-2-3-5-17(14)24-11-15/h2-10,12H,11H2,1H3,(H,20,21)(H2,19,22,23)/t12-/m1/s1. The molecule has 2 aromatic rings. The largest absolute Gasteiger partial charge is 0.488 e. The molecule has 0 aromatic heterocycles. The van der Waals surface area contributed by atoms with Crippen LogP contribution in [0.25, 0.3) is 6.08 Å². The summed E-state index contributed by atoms with van der Waals surface area (Å²) in [6, 6.07) is 13.3. The Morgan fingerprint density at radius 3 is 2.52 bits per heavy atom. The summed E-state index contributed by atoms with van der Waals surface area (Å²) in [7, 11) is -3.73. The van der Waals surface area contributed by atoms with E-state index in [0.29, 0.717) is 5.57 Å². The first-order valence-corrected chi connectivity index (χ1v) is 9.25. The third-order valence-electron chi connectivity index (χ3n) is 3.98. The highest BCUT2D eigenvalue weighted by Crippen LogP contribution is 2.26. The molecule has 1 atom stereocenters. The van der Waals surface area contributed by atoms with Crippen molar-refractivity contribution >= 4 is 22.0 Å². The summed E-state index contributed by atoms with van der Waals surface area (Å²) in [5.74, 6) is 0.531. The molecule has 0 radical (unpaired) electrons. The number of carbonyl (C=O) groups is 1. The molecule has 6 nitrogen and oxygen atoms in total. The number of benzene rings is 2. The number of para-hydroxylation sites is 1. The van der Waals surface area contributed by atoms with Gasteiger partial charge in [0.2, 0.25) is 10.0 Å². The van der Waals surface area contributed by atoms with Crippen LogP contribution in [0.5, 0.6) is 5.75 Å². The number of carbonyl (C=O) groups excluding carboxylic acids is 1. The first-order chi connectivity index (χ1) is 11.8. The van der Waals surface area contributed by atoms with Gasteiger partial charge in [-0.3, -0.25) is 4.79 Å². The van der Waals surface area contributed by atoms with Crippen molar-refractivity contribution in [1.29, 1.82) is 0 Å². The van der Waals surface area contributed by atoms with Crippen molar-refractivity contribution in [3.8, 4) is 5.75 Å². The second kappa shape index (κ2) is 6.70. The van der Waals surface area contributed by atoms with Crippen LogP contribution in [0.1, 0.15) is 24.1 Å². The number of hydrogen-bond acceptors (Lipinski definition) is 4. The highest BCUT2D eigenvalue weighted by atomic mass is 32.2. The SMILES string of the molecule is C[C@@H](NC(=O)C1=Cc2ccccc2OC1)c1ccc(S(N)(=O)=O)cc1. The third-order valence-corrected chi connectivity index (χ3v) is 4.91. The molecule has 0 unspecified atom stereocenters. The van der Waals surface area contributed by atoms with Crippen LogP contribution in [0.4, 0.5) is 0 Å². The molecule has 25 heavy (non-hydrogen) atoms. The summed E-state index contributed by atoms with van der Waals surface area (Å²) in [5, 5.41) is 7.97. The Labute approximate surface area is 146 Å². The number of rotatable bonds is 4. The lowest BCUT2D eigenvalue weighted by Gasteiger charge is -2.20. The van der Waals surface area contributed by atoms with Crippen LogP contribution in [0.2, 0.25) is 0 Å². The van der Waals surface area contributed by atoms with E-state index in [-0.39, 0.29) is 23.5 Å². The summed E-state index contributed by atoms with van der Waals surface area (Å²) in [5.41, 5.74) is 2.18. The maximum atomic E-state index is 12.4.